The molecular formula is C27H38FNO6S. The highest BCUT2D eigenvalue weighted by atomic mass is 32.1. The van der Waals surface area contributed by atoms with Crippen LogP contribution >= 0.6 is 11.3 Å². The number of hydrogen-bond acceptors (Lipinski definition) is 8. The predicted octanol–water partition coefficient (Wildman–Crippen LogP) is 4.18. The summed E-state index contributed by atoms with van der Waals surface area (Å²) < 4.78 is 19.4. The molecular weight excluding hydrogens is 485 g/mol. The number of ether oxygens (including phenoxy) is 1. The number of ketones is 1. The van der Waals surface area contributed by atoms with E-state index < -0.39 is 48.7 Å². The van der Waals surface area contributed by atoms with E-state index in [1.807, 2.05) is 6.92 Å². The predicted molar refractivity (Wildman–Crippen MR) is 138 cm³/mol. The van der Waals surface area contributed by atoms with Crippen molar-refractivity contribution in [3.05, 3.63) is 45.5 Å². The first kappa shape index (κ1) is 30.0. The largest absolute Gasteiger partial charge is 0.457 e. The van der Waals surface area contributed by atoms with Crippen molar-refractivity contribution in [3.8, 4) is 0 Å². The summed E-state index contributed by atoms with van der Waals surface area (Å²) >= 11 is 1.30. The first-order valence-corrected chi connectivity index (χ1v) is 13.0. The van der Waals surface area contributed by atoms with Gasteiger partial charge in [-0.05, 0) is 36.5 Å². The number of carbonyl (C=O) groups is 2. The van der Waals surface area contributed by atoms with Gasteiger partial charge in [-0.25, -0.2) is 9.37 Å². The number of hydrogen-bond donors (Lipinski definition) is 3. The second-order valence-electron chi connectivity index (χ2n) is 10.0. The van der Waals surface area contributed by atoms with Crippen LogP contribution < -0.4 is 0 Å². The molecule has 0 bridgehead atoms. The maximum atomic E-state index is 13.7. The van der Waals surface area contributed by atoms with Crippen LogP contribution in [0.25, 0.3) is 6.08 Å². The first-order valence-electron chi connectivity index (χ1n) is 12.2. The Labute approximate surface area is 216 Å². The van der Waals surface area contributed by atoms with Crippen LogP contribution in [0.4, 0.5) is 4.39 Å². The van der Waals surface area contributed by atoms with Gasteiger partial charge in [-0.2, -0.15) is 0 Å². The Morgan fingerprint density at radius 2 is 1.97 bits per heavy atom. The van der Waals surface area contributed by atoms with E-state index in [-0.39, 0.29) is 24.7 Å². The van der Waals surface area contributed by atoms with Gasteiger partial charge in [-0.1, -0.05) is 45.9 Å². The third-order valence-electron chi connectivity index (χ3n) is 6.79. The minimum atomic E-state index is -1.32. The lowest BCUT2D eigenvalue weighted by atomic mass is 9.73. The Balaban J connectivity index is 2.41. The van der Waals surface area contributed by atoms with Crippen LogP contribution in [0.3, 0.4) is 0 Å². The van der Waals surface area contributed by atoms with E-state index in [0.29, 0.717) is 28.3 Å². The summed E-state index contributed by atoms with van der Waals surface area (Å²) in [6, 6.07) is 0. The van der Waals surface area contributed by atoms with Crippen molar-refractivity contribution in [2.45, 2.75) is 78.8 Å². The number of alkyl halides is 1. The number of aliphatic hydroxyl groups excluding tert-OH is 3. The third kappa shape index (κ3) is 7.90. The number of allylic oxidation sites excluding steroid dienone is 3. The number of rotatable bonds is 4. The van der Waals surface area contributed by atoms with Gasteiger partial charge in [0.25, 0.3) is 0 Å². The smallest absolute Gasteiger partial charge is 0.309 e. The number of nitrogens with zero attached hydrogens (tertiary/aromatic N) is 1. The summed E-state index contributed by atoms with van der Waals surface area (Å²) in [4.78, 5) is 30.3. The monoisotopic (exact) mass is 523 g/mol. The zero-order valence-electron chi connectivity index (χ0n) is 21.6. The standard InChI is InChI=1S/C27H38FNO6S/c1-16-7-6-8-19(13-28)9-10-21(17(2)11-20-15-36-23(14-30)29-20)35-24(32)12-22(31)27(4,5)26(34)18(3)25(16)33/h6,8-9,11,15-16,18,21-22,25,30-31,33H,7,10,12-14H2,1-5H3/b8-6+,17-11+,19-9+/t16-,18+,21-,22-,25-/m0/s1. The minimum absolute atomic E-state index is 0.175. The Hall–Kier alpha value is -2.20. The summed E-state index contributed by atoms with van der Waals surface area (Å²) in [5.41, 5.74) is 0.384. The summed E-state index contributed by atoms with van der Waals surface area (Å²) in [6.45, 7) is 7.42. The molecule has 3 N–H and O–H groups in total. The van der Waals surface area contributed by atoms with Crippen LogP contribution in [0.15, 0.2) is 34.8 Å². The summed E-state index contributed by atoms with van der Waals surface area (Å²) in [6.07, 6.45) is 4.00. The average Bonchev–Trinajstić information content (AvgIpc) is 3.30. The molecule has 1 aliphatic rings. The molecule has 0 aromatic carbocycles. The quantitative estimate of drug-likeness (QED) is 0.507. The lowest BCUT2D eigenvalue weighted by molar-refractivity contribution is -0.154. The van der Waals surface area contributed by atoms with Crippen LogP contribution in [0.5, 0.6) is 0 Å². The molecule has 0 unspecified atom stereocenters. The molecule has 2 heterocycles. The minimum Gasteiger partial charge on any atom is -0.457 e. The van der Waals surface area contributed by atoms with Gasteiger partial charge in [0.15, 0.2) is 0 Å². The second-order valence-corrected chi connectivity index (χ2v) is 11.0. The maximum Gasteiger partial charge on any atom is 0.309 e. The fourth-order valence-electron chi connectivity index (χ4n) is 4.13. The van der Waals surface area contributed by atoms with Crippen LogP contribution in [0.1, 0.15) is 64.6 Å². The van der Waals surface area contributed by atoms with E-state index in [1.165, 1.54) is 11.3 Å². The van der Waals surface area contributed by atoms with Gasteiger partial charge in [0.05, 0.1) is 36.3 Å². The molecule has 9 heteroatoms. The molecule has 0 amide bonds. The Morgan fingerprint density at radius 1 is 1.28 bits per heavy atom. The molecule has 1 aromatic heterocycles. The molecule has 200 valence electrons. The fourth-order valence-corrected chi connectivity index (χ4v) is 4.75. The number of thiazole rings is 1. The lowest BCUT2D eigenvalue weighted by Crippen LogP contribution is -2.45. The van der Waals surface area contributed by atoms with Gasteiger partial charge in [-0.15, -0.1) is 11.3 Å². The van der Waals surface area contributed by atoms with Crippen molar-refractivity contribution in [2.24, 2.45) is 17.3 Å². The van der Waals surface area contributed by atoms with Gasteiger partial charge in [0, 0.05) is 17.7 Å². The van der Waals surface area contributed by atoms with E-state index in [0.717, 1.165) is 0 Å². The molecule has 7 nitrogen and oxygen atoms in total. The number of Topliss-reactive ketones (excluding diaryl/α,β-unsaturated/α-hetero) is 1. The summed E-state index contributed by atoms with van der Waals surface area (Å²) in [5.74, 6) is -2.09. The molecule has 0 radical (unpaired) electrons. The molecule has 1 aliphatic heterocycles. The first-order chi connectivity index (χ1) is 16.9. The van der Waals surface area contributed by atoms with Gasteiger partial charge in [0.2, 0.25) is 0 Å². The molecule has 0 saturated heterocycles. The van der Waals surface area contributed by atoms with Gasteiger partial charge >= 0.3 is 5.97 Å². The Bertz CT molecular complexity index is 998. The molecule has 5 atom stereocenters. The highest BCUT2D eigenvalue weighted by Crippen LogP contribution is 2.32. The highest BCUT2D eigenvalue weighted by molar-refractivity contribution is 7.09. The fraction of sp³-hybridized carbons (Fsp3) is 0.593. The Morgan fingerprint density at radius 3 is 2.58 bits per heavy atom. The van der Waals surface area contributed by atoms with Crippen molar-refractivity contribution in [2.75, 3.05) is 6.67 Å². The maximum absolute atomic E-state index is 13.7. The molecule has 36 heavy (non-hydrogen) atoms. The zero-order valence-corrected chi connectivity index (χ0v) is 22.4. The number of cyclic esters (lactones) is 1. The van der Waals surface area contributed by atoms with E-state index in [2.05, 4.69) is 4.98 Å². The zero-order chi connectivity index (χ0) is 27.0. The molecule has 0 spiro atoms. The molecule has 0 saturated carbocycles. The Kier molecular flexibility index (Phi) is 11.2. The van der Waals surface area contributed by atoms with E-state index in [9.17, 15) is 29.3 Å². The van der Waals surface area contributed by atoms with E-state index >= 15 is 0 Å². The second kappa shape index (κ2) is 13.4. The summed E-state index contributed by atoms with van der Waals surface area (Å²) in [7, 11) is 0. The lowest BCUT2D eigenvalue weighted by Gasteiger charge is -2.34. The number of carbonyl (C=O) groups excluding carboxylic acids is 2. The number of halogens is 1. The molecule has 0 aliphatic carbocycles. The van der Waals surface area contributed by atoms with Crippen molar-refractivity contribution in [3.63, 3.8) is 0 Å². The average molecular weight is 524 g/mol. The number of aliphatic hydroxyl groups is 3. The highest BCUT2D eigenvalue weighted by Gasteiger charge is 2.42. The number of aromatic nitrogens is 1. The summed E-state index contributed by atoms with van der Waals surface area (Å²) in [5, 5.41) is 33.1. The molecule has 2 rings (SSSR count). The van der Waals surface area contributed by atoms with Crippen LogP contribution in [0.2, 0.25) is 0 Å². The van der Waals surface area contributed by atoms with E-state index in [4.69, 9.17) is 4.74 Å². The van der Waals surface area contributed by atoms with Crippen LogP contribution in [-0.4, -0.2) is 57.0 Å². The molecule has 0 fully saturated rings. The van der Waals surface area contributed by atoms with Gasteiger partial charge in [0.1, 0.15) is 23.6 Å². The third-order valence-corrected chi connectivity index (χ3v) is 7.64. The van der Waals surface area contributed by atoms with Crippen molar-refractivity contribution < 1.29 is 34.0 Å². The van der Waals surface area contributed by atoms with Crippen molar-refractivity contribution >= 4 is 29.2 Å². The number of esters is 1. The van der Waals surface area contributed by atoms with Crippen molar-refractivity contribution in [1.82, 2.24) is 4.98 Å². The van der Waals surface area contributed by atoms with Crippen molar-refractivity contribution in [1.29, 1.82) is 0 Å². The van der Waals surface area contributed by atoms with Crippen LogP contribution in [0, 0.1) is 17.3 Å². The van der Waals surface area contributed by atoms with E-state index in [1.54, 1.807) is 57.4 Å². The van der Waals surface area contributed by atoms with Crippen LogP contribution in [-0.2, 0) is 20.9 Å². The molecule has 1 aromatic rings. The SMILES string of the molecule is C/C(=C\c1csc(CO)n1)[C@@H]1C/C=C(CF)\C=C\C[C@H](C)[C@H](O)[C@@H](C)C(=O)C(C)(C)[C@@H](O)CC(=O)O1. The van der Waals surface area contributed by atoms with Gasteiger partial charge < -0.3 is 20.1 Å². The normalized spacial score (nSPS) is 31.4. The van der Waals surface area contributed by atoms with Gasteiger partial charge in [-0.3, -0.25) is 9.59 Å². The topological polar surface area (TPSA) is 117 Å².